The predicted octanol–water partition coefficient (Wildman–Crippen LogP) is 7.62. The maximum Gasteiger partial charge on any atom is 2.00 e. The molecular weight excluding hydrogens is 596 g/mol. The normalized spacial score (nSPS) is 30.8. The fourth-order valence-corrected chi connectivity index (χ4v) is 28.7. The molecule has 1 aromatic carbocycles. The van der Waals surface area contributed by atoms with Gasteiger partial charge in [-0.1, -0.05) is 41.8 Å². The first-order valence-electron chi connectivity index (χ1n) is 10.2. The third kappa shape index (κ3) is 7.87. The Labute approximate surface area is 245 Å². The molecule has 34 heavy (non-hydrogen) atoms. The molecule has 0 amide bonds. The maximum atomic E-state index is 6.14. The van der Waals surface area contributed by atoms with Crippen LogP contribution in [0.1, 0.15) is 0 Å². The van der Waals surface area contributed by atoms with Gasteiger partial charge in [-0.05, 0) is 139 Å². The van der Waals surface area contributed by atoms with Crippen LogP contribution in [0.2, 0.25) is 0 Å². The van der Waals surface area contributed by atoms with Gasteiger partial charge in [-0.15, -0.1) is 0 Å². The van der Waals surface area contributed by atoms with Crippen LogP contribution >= 0.6 is 21.8 Å². The van der Waals surface area contributed by atoms with Crippen LogP contribution in [0.15, 0.2) is 30.3 Å². The Hall–Kier alpha value is 1.71. The molecule has 20 radical (unpaired) electrons. The Balaban J connectivity index is 0.000000283. The minimum absolute atomic E-state index is 0. The molecule has 172 valence electrons. The van der Waals surface area contributed by atoms with Crippen molar-refractivity contribution in [1.82, 2.24) is 0 Å². The molecule has 1 nitrogen and oxygen atoms in total. The summed E-state index contributed by atoms with van der Waals surface area (Å²) in [6.07, 6.45) is 36.9. The summed E-state index contributed by atoms with van der Waals surface area (Å²) in [6.45, 7) is 0. The van der Waals surface area contributed by atoms with Gasteiger partial charge < -0.3 is 0 Å². The standard InChI is InChI=1S/C16H13NP2S3.2C5H5.2Fe/c20-18(15-10-4-5-11-15)17(14-8-2-1-3-9-14)19(21,22-18)16-12-6-7-13-16;2*1-2-4-5-3-1;;/h1-13H;2*1-5H;;/q;;;2*+2. The third-order valence-corrected chi connectivity index (χ3v) is 25.0. The van der Waals surface area contributed by atoms with Crippen LogP contribution in [-0.4, -0.2) is 0 Å². The summed E-state index contributed by atoms with van der Waals surface area (Å²) in [5, 5.41) is -3.73. The Morgan fingerprint density at radius 3 is 1.15 bits per heavy atom. The fraction of sp³-hybridized carbons (Fsp3) is 0. The zero-order valence-corrected chi connectivity index (χ0v) is 24.5. The number of benzene rings is 1. The number of hydrogen-bond acceptors (Lipinski definition) is 3. The summed E-state index contributed by atoms with van der Waals surface area (Å²) < 4.78 is 2.40. The average molecular weight is 619 g/mol. The summed E-state index contributed by atoms with van der Waals surface area (Å²) in [5.41, 5.74) is 3.67. The molecule has 5 fully saturated rings. The van der Waals surface area contributed by atoms with Gasteiger partial charge in [0.05, 0.1) is 0 Å². The number of nitrogens with zero attached hydrogens (tertiary/aromatic N) is 1. The van der Waals surface area contributed by atoms with E-state index in [1.165, 1.54) is 11.3 Å². The molecule has 1 heterocycles. The predicted molar refractivity (Wildman–Crippen MR) is 149 cm³/mol. The fourth-order valence-electron chi connectivity index (χ4n) is 3.27. The van der Waals surface area contributed by atoms with E-state index < -0.39 is 10.8 Å². The Bertz CT molecular complexity index is 729. The molecular formula is C26H23Fe2NP2S3+4. The molecule has 4 aliphatic carbocycles. The molecule has 1 saturated heterocycles. The summed E-state index contributed by atoms with van der Waals surface area (Å²) in [6, 6.07) is 10.4. The number of rotatable bonds is 3. The monoisotopic (exact) mass is 619 g/mol. The summed E-state index contributed by atoms with van der Waals surface area (Å²) in [7, 11) is 0. The molecule has 4 saturated carbocycles. The summed E-state index contributed by atoms with van der Waals surface area (Å²) in [4.78, 5) is 0. The molecule has 0 N–H and O–H groups in total. The van der Waals surface area contributed by atoms with Gasteiger partial charge in [0, 0.05) is 17.0 Å². The second-order valence-electron chi connectivity index (χ2n) is 6.96. The van der Waals surface area contributed by atoms with Crippen molar-refractivity contribution in [3.8, 4) is 0 Å². The molecule has 2 unspecified atom stereocenters. The van der Waals surface area contributed by atoms with E-state index in [-0.39, 0.29) is 34.1 Å². The van der Waals surface area contributed by atoms with Gasteiger partial charge in [-0.3, -0.25) is 4.44 Å². The zero-order valence-electron chi connectivity index (χ0n) is 18.1. The first-order valence-corrected chi connectivity index (χ1v) is 17.7. The maximum absolute atomic E-state index is 6.14. The molecule has 0 aromatic heterocycles. The smallest absolute Gasteiger partial charge is 0.297 e. The molecule has 8 heteroatoms. The van der Waals surface area contributed by atoms with Crippen LogP contribution in [0.5, 0.6) is 0 Å². The first-order chi connectivity index (χ1) is 15.6. The van der Waals surface area contributed by atoms with Crippen LogP contribution < -0.4 is 4.44 Å². The van der Waals surface area contributed by atoms with Crippen LogP contribution in [0.4, 0.5) is 5.69 Å². The molecule has 6 rings (SSSR count). The molecule has 0 spiro atoms. The van der Waals surface area contributed by atoms with Crippen molar-refractivity contribution in [1.29, 1.82) is 0 Å². The second kappa shape index (κ2) is 16.0. The zero-order chi connectivity index (χ0) is 22.3. The topological polar surface area (TPSA) is 3.24 Å². The molecule has 2 atom stereocenters. The number of para-hydroxylation sites is 1. The van der Waals surface area contributed by atoms with E-state index in [0.29, 0.717) is 0 Å². The van der Waals surface area contributed by atoms with E-state index >= 15 is 0 Å². The van der Waals surface area contributed by atoms with Crippen molar-refractivity contribution < 1.29 is 34.1 Å². The van der Waals surface area contributed by atoms with Crippen molar-refractivity contribution in [3.05, 3.63) is 157 Å². The van der Waals surface area contributed by atoms with Gasteiger partial charge in [0.15, 0.2) is 0 Å². The largest absolute Gasteiger partial charge is 2.00 e. The molecule has 5 aliphatic rings. The van der Waals surface area contributed by atoms with Crippen LogP contribution in [0, 0.1) is 127 Å². The Kier molecular flexibility index (Phi) is 15.0. The Morgan fingerprint density at radius 2 is 0.824 bits per heavy atom. The Morgan fingerprint density at radius 1 is 0.500 bits per heavy atom. The van der Waals surface area contributed by atoms with E-state index in [4.69, 9.17) is 23.6 Å². The minimum atomic E-state index is -1.86. The van der Waals surface area contributed by atoms with Crippen LogP contribution in [-0.2, 0) is 57.8 Å². The van der Waals surface area contributed by atoms with Crippen LogP contribution in [0.3, 0.4) is 0 Å². The van der Waals surface area contributed by atoms with Crippen LogP contribution in [0.25, 0.3) is 0 Å². The van der Waals surface area contributed by atoms with Gasteiger partial charge >= 0.3 is 34.1 Å². The third-order valence-electron chi connectivity index (χ3n) is 4.76. The van der Waals surface area contributed by atoms with Crippen molar-refractivity contribution >= 4 is 51.1 Å². The van der Waals surface area contributed by atoms with Crippen molar-refractivity contribution in [3.63, 3.8) is 0 Å². The van der Waals surface area contributed by atoms with E-state index in [1.54, 1.807) is 0 Å². The van der Waals surface area contributed by atoms with E-state index in [1.807, 2.05) is 81.3 Å². The number of hydrogen-bond donors (Lipinski definition) is 0. The second-order valence-corrected chi connectivity index (χ2v) is 21.0. The average Bonchev–Trinajstić information content (AvgIpc) is 3.65. The van der Waals surface area contributed by atoms with Crippen molar-refractivity contribution in [2.75, 3.05) is 4.44 Å². The van der Waals surface area contributed by atoms with Gasteiger partial charge in [-0.25, -0.2) is 0 Å². The van der Waals surface area contributed by atoms with Gasteiger partial charge in [0.25, 0.3) is 0 Å². The van der Waals surface area contributed by atoms with E-state index in [9.17, 15) is 0 Å². The number of anilines is 1. The summed E-state index contributed by atoms with van der Waals surface area (Å²) in [5.74, 6) is 0. The minimum Gasteiger partial charge on any atom is -0.297 e. The molecule has 1 aliphatic heterocycles. The van der Waals surface area contributed by atoms with Gasteiger partial charge in [0.1, 0.15) is 10.8 Å². The quantitative estimate of drug-likeness (QED) is 0.253. The van der Waals surface area contributed by atoms with E-state index in [2.05, 4.69) is 80.1 Å². The van der Waals surface area contributed by atoms with Gasteiger partial charge in [-0.2, -0.15) is 0 Å². The molecule has 1 aromatic rings. The molecule has 0 bridgehead atoms. The van der Waals surface area contributed by atoms with Crippen molar-refractivity contribution in [2.24, 2.45) is 0 Å². The first kappa shape index (κ1) is 31.9. The van der Waals surface area contributed by atoms with Gasteiger partial charge in [0.2, 0.25) is 0 Å². The van der Waals surface area contributed by atoms with Crippen molar-refractivity contribution in [2.45, 2.75) is 0 Å². The summed E-state index contributed by atoms with van der Waals surface area (Å²) >= 11 is 14.2. The SMILES string of the molecule is S=P1([C]2[CH][CH][CH][CH]2)SP(=S)([C]2[CH][CH][CH][CH]2)N1c1ccccc1.[CH]1[CH][CH][CH][CH]1.[CH]1[CH][CH][CH][CH]1.[Fe+2].[Fe+2]. The van der Waals surface area contributed by atoms with E-state index in [0.717, 1.165) is 5.69 Å².